The van der Waals surface area contributed by atoms with Crippen molar-refractivity contribution in [1.29, 1.82) is 10.8 Å². The van der Waals surface area contributed by atoms with E-state index in [0.29, 0.717) is 38.1 Å². The first-order valence-electron chi connectivity index (χ1n) is 7.38. The van der Waals surface area contributed by atoms with Gasteiger partial charge in [-0.2, -0.15) is 4.94 Å². The molecule has 0 atom stereocenters. The molecule has 0 fully saturated rings. The lowest BCUT2D eigenvalue weighted by Gasteiger charge is -2.18. The molecule has 0 saturated heterocycles. The minimum atomic E-state index is -0.0955. The summed E-state index contributed by atoms with van der Waals surface area (Å²) in [7, 11) is 0. The first kappa shape index (κ1) is 17.0. The Labute approximate surface area is 162 Å². The van der Waals surface area contributed by atoms with Crippen molar-refractivity contribution >= 4 is 46.4 Å². The molecule has 0 radical (unpaired) electrons. The van der Waals surface area contributed by atoms with E-state index in [1.807, 2.05) is 0 Å². The highest BCUT2D eigenvalue weighted by Gasteiger charge is 2.24. The molecular formula is C16H11Cl3N6O. The molecule has 0 saturated carbocycles. The number of benzene rings is 2. The van der Waals surface area contributed by atoms with E-state index < -0.39 is 0 Å². The van der Waals surface area contributed by atoms with Crippen LogP contribution < -0.4 is 21.9 Å². The fourth-order valence-electron chi connectivity index (χ4n) is 2.71. The first-order valence-corrected chi connectivity index (χ1v) is 8.52. The topological polar surface area (TPSA) is 90.9 Å². The van der Waals surface area contributed by atoms with E-state index in [4.69, 9.17) is 50.6 Å². The number of nitrogens with zero attached hydrogens (tertiary/aromatic N) is 2. The van der Waals surface area contributed by atoms with Gasteiger partial charge in [-0.1, -0.05) is 46.9 Å². The van der Waals surface area contributed by atoms with Gasteiger partial charge in [0.15, 0.2) is 22.6 Å². The predicted octanol–water partition coefficient (Wildman–Crippen LogP) is 3.87. The quantitative estimate of drug-likeness (QED) is 0.518. The molecule has 2 heterocycles. The van der Waals surface area contributed by atoms with Gasteiger partial charge < -0.3 is 0 Å². The van der Waals surface area contributed by atoms with Gasteiger partial charge >= 0.3 is 0 Å². The van der Waals surface area contributed by atoms with Gasteiger partial charge in [-0.25, -0.2) is 11.0 Å². The van der Waals surface area contributed by atoms with E-state index in [1.54, 1.807) is 42.5 Å². The average molecular weight is 410 g/mol. The molecule has 26 heavy (non-hydrogen) atoms. The molecule has 7 nitrogen and oxygen atoms in total. The van der Waals surface area contributed by atoms with Crippen LogP contribution in [0, 0.1) is 10.8 Å². The highest BCUT2D eigenvalue weighted by Crippen LogP contribution is 2.32. The summed E-state index contributed by atoms with van der Waals surface area (Å²) in [6, 6.07) is 12.0. The van der Waals surface area contributed by atoms with Crippen LogP contribution in [0.2, 0.25) is 15.1 Å². The predicted molar refractivity (Wildman–Crippen MR) is 100 cm³/mol. The highest BCUT2D eigenvalue weighted by molar-refractivity contribution is 6.42. The Kier molecular flexibility index (Phi) is 4.16. The summed E-state index contributed by atoms with van der Waals surface area (Å²) in [4.78, 5) is 5.13. The number of para-hydroxylation sites is 1. The third kappa shape index (κ3) is 2.57. The van der Waals surface area contributed by atoms with Gasteiger partial charge in [0, 0.05) is 0 Å². The molecule has 2 aromatic carbocycles. The molecule has 4 N–H and O–H groups in total. The number of fused-ring (bicyclic) bond motifs is 1. The van der Waals surface area contributed by atoms with Crippen molar-refractivity contribution < 1.29 is 4.94 Å². The number of halogens is 3. The van der Waals surface area contributed by atoms with Crippen LogP contribution in [0.4, 0.5) is 11.6 Å². The normalized spacial score (nSPS) is 12.4. The van der Waals surface area contributed by atoms with Crippen molar-refractivity contribution in [3.8, 4) is 11.4 Å². The van der Waals surface area contributed by atoms with Gasteiger partial charge in [0.05, 0.1) is 26.4 Å². The Morgan fingerprint density at radius 2 is 1.42 bits per heavy atom. The van der Waals surface area contributed by atoms with E-state index in [0.717, 1.165) is 0 Å². The molecule has 0 amide bonds. The van der Waals surface area contributed by atoms with Gasteiger partial charge in [0.2, 0.25) is 0 Å². The molecule has 0 aliphatic carbocycles. The number of nitrogens with one attached hydrogen (secondary N) is 4. The lowest BCUT2D eigenvalue weighted by atomic mass is 10.3. The maximum atomic E-state index is 8.50. The van der Waals surface area contributed by atoms with Crippen LogP contribution >= 0.6 is 34.8 Å². The Morgan fingerprint density at radius 1 is 0.769 bits per heavy atom. The number of aromatic nitrogens is 2. The summed E-state index contributed by atoms with van der Waals surface area (Å²) in [5.41, 5.74) is 6.33. The van der Waals surface area contributed by atoms with E-state index >= 15 is 0 Å². The summed E-state index contributed by atoms with van der Waals surface area (Å²) in [6.07, 6.45) is 0. The molecular weight excluding hydrogens is 399 g/mol. The molecule has 1 aromatic heterocycles. The minimum Gasteiger partial charge on any atom is -0.281 e. The third-order valence-electron chi connectivity index (χ3n) is 3.89. The molecule has 0 unspecified atom stereocenters. The lowest BCUT2D eigenvalue weighted by Crippen LogP contribution is -2.41. The summed E-state index contributed by atoms with van der Waals surface area (Å²) in [5.74, 6) is 0.842. The van der Waals surface area contributed by atoms with Crippen LogP contribution in [0.5, 0.6) is 0 Å². The standard InChI is InChI=1S/C16H11Cl3N6O/c17-9-6-5-8(7-11(9)19)24-13(20)14(21)25(16-15(24)22-26-23-16)12-4-2-1-3-10(12)18/h1-7,20-23H. The maximum absolute atomic E-state index is 8.50. The van der Waals surface area contributed by atoms with Crippen LogP contribution in [0.15, 0.2) is 42.5 Å². The fraction of sp³-hybridized carbons (Fsp3) is 0. The van der Waals surface area contributed by atoms with Crippen LogP contribution in [-0.4, -0.2) is 9.13 Å². The molecule has 3 aromatic rings. The van der Waals surface area contributed by atoms with E-state index in [2.05, 4.69) is 11.0 Å². The number of hydrogen-bond donors (Lipinski definition) is 4. The van der Waals surface area contributed by atoms with E-state index in [9.17, 15) is 0 Å². The molecule has 10 heteroatoms. The Morgan fingerprint density at radius 3 is 2.12 bits per heavy atom. The molecule has 0 bridgehead atoms. The smallest absolute Gasteiger partial charge is 0.182 e. The Balaban J connectivity index is 2.06. The molecule has 4 rings (SSSR count). The van der Waals surface area contributed by atoms with Crippen molar-refractivity contribution in [2.75, 3.05) is 11.0 Å². The summed E-state index contributed by atoms with van der Waals surface area (Å²) < 4.78 is 2.99. The van der Waals surface area contributed by atoms with Gasteiger partial charge in [-0.3, -0.25) is 20.0 Å². The van der Waals surface area contributed by atoms with Crippen molar-refractivity contribution in [1.82, 2.24) is 9.13 Å². The lowest BCUT2D eigenvalue weighted by molar-refractivity contribution is 0.279. The van der Waals surface area contributed by atoms with E-state index in [-0.39, 0.29) is 11.0 Å². The number of anilines is 2. The van der Waals surface area contributed by atoms with Gasteiger partial charge in [-0.15, -0.1) is 0 Å². The van der Waals surface area contributed by atoms with Gasteiger partial charge in [0.25, 0.3) is 0 Å². The van der Waals surface area contributed by atoms with Crippen molar-refractivity contribution in [2.45, 2.75) is 0 Å². The second-order valence-corrected chi connectivity index (χ2v) is 6.64. The third-order valence-corrected chi connectivity index (χ3v) is 4.95. The summed E-state index contributed by atoms with van der Waals surface area (Å²) in [5, 5.41) is 18.2. The Hall–Kier alpha value is -2.45. The number of rotatable bonds is 2. The molecule has 132 valence electrons. The van der Waals surface area contributed by atoms with Gasteiger partial charge in [-0.05, 0) is 30.3 Å². The zero-order valence-electron chi connectivity index (χ0n) is 13.0. The zero-order chi connectivity index (χ0) is 18.4. The number of hydrogen-bond acceptors (Lipinski definition) is 5. The first-order chi connectivity index (χ1) is 12.5. The summed E-state index contributed by atoms with van der Waals surface area (Å²) in [6.45, 7) is 0. The maximum Gasteiger partial charge on any atom is 0.182 e. The van der Waals surface area contributed by atoms with Gasteiger partial charge in [0.1, 0.15) is 0 Å². The Bertz CT molecular complexity index is 1150. The minimum absolute atomic E-state index is 0.0947. The van der Waals surface area contributed by atoms with Crippen molar-refractivity contribution in [2.24, 2.45) is 0 Å². The van der Waals surface area contributed by atoms with Crippen LogP contribution in [-0.2, 0) is 4.94 Å². The second-order valence-electron chi connectivity index (χ2n) is 5.42. The summed E-state index contributed by atoms with van der Waals surface area (Å²) >= 11 is 18.4. The molecule has 1 aliphatic rings. The van der Waals surface area contributed by atoms with Crippen molar-refractivity contribution in [3.05, 3.63) is 68.5 Å². The average Bonchev–Trinajstić information content (AvgIpc) is 3.09. The molecule has 1 aliphatic heterocycles. The largest absolute Gasteiger partial charge is 0.281 e. The monoisotopic (exact) mass is 408 g/mol. The van der Waals surface area contributed by atoms with E-state index in [1.165, 1.54) is 9.13 Å². The van der Waals surface area contributed by atoms with Crippen molar-refractivity contribution in [3.63, 3.8) is 0 Å². The zero-order valence-corrected chi connectivity index (χ0v) is 15.2. The van der Waals surface area contributed by atoms with Crippen LogP contribution in [0.3, 0.4) is 0 Å². The fourth-order valence-corrected chi connectivity index (χ4v) is 3.23. The highest BCUT2D eigenvalue weighted by atomic mass is 35.5. The van der Waals surface area contributed by atoms with Crippen LogP contribution in [0.25, 0.3) is 11.4 Å². The SMILES string of the molecule is N=c1c(=N)n(-c2ccccc2Cl)c2c(n1-c1ccc(Cl)c(Cl)c1)NON2. The van der Waals surface area contributed by atoms with Crippen LogP contribution in [0.1, 0.15) is 0 Å². The molecule has 0 spiro atoms. The second kappa shape index (κ2) is 6.37.